The Balaban J connectivity index is 1.90. The molecule has 30 heavy (non-hydrogen) atoms. The molecule has 160 valence electrons. The van der Waals surface area contributed by atoms with Crippen LogP contribution in [0, 0.1) is 28.6 Å². The first kappa shape index (κ1) is 21.0. The van der Waals surface area contributed by atoms with E-state index in [1.165, 1.54) is 13.8 Å². The predicted molar refractivity (Wildman–Crippen MR) is 116 cm³/mol. The molecule has 0 amide bonds. The molecule has 1 saturated carbocycles. The minimum Gasteiger partial charge on any atom is -0.382 e. The topological polar surface area (TPSA) is 83.8 Å². The number of fused-ring (bicyclic) bond motifs is 3. The quantitative estimate of drug-likeness (QED) is 0.807. The molecule has 1 aliphatic heterocycles. The van der Waals surface area contributed by atoms with E-state index in [-0.39, 0.29) is 17.9 Å². The second kappa shape index (κ2) is 6.88. The summed E-state index contributed by atoms with van der Waals surface area (Å²) in [6.07, 6.45) is 2.91. The molecule has 1 aromatic rings. The molecular weight excluding hydrogens is 379 g/mol. The first-order valence-electron chi connectivity index (χ1n) is 10.7. The van der Waals surface area contributed by atoms with Crippen molar-refractivity contribution < 1.29 is 9.13 Å². The summed E-state index contributed by atoms with van der Waals surface area (Å²) < 4.78 is 20.3. The van der Waals surface area contributed by atoms with Crippen LogP contribution in [0.3, 0.4) is 0 Å². The minimum absolute atomic E-state index is 0.124. The van der Waals surface area contributed by atoms with Crippen LogP contribution in [0.4, 0.5) is 4.39 Å². The van der Waals surface area contributed by atoms with E-state index < -0.39 is 11.3 Å². The number of halogens is 1. The zero-order valence-electron chi connectivity index (χ0n) is 18.5. The molecule has 6 heteroatoms. The average molecular weight is 411 g/mol. The van der Waals surface area contributed by atoms with Crippen molar-refractivity contribution in [2.75, 3.05) is 7.11 Å². The number of benzene rings is 1. The minimum atomic E-state index is -1.43. The number of alkyl halides is 1. The zero-order chi connectivity index (χ0) is 21.9. The predicted octanol–water partition coefficient (Wildman–Crippen LogP) is 4.28. The van der Waals surface area contributed by atoms with Crippen LogP contribution >= 0.6 is 0 Å². The maximum absolute atomic E-state index is 14.5. The van der Waals surface area contributed by atoms with Gasteiger partial charge < -0.3 is 10.5 Å². The van der Waals surface area contributed by atoms with Gasteiger partial charge in [0.15, 0.2) is 5.66 Å². The highest BCUT2D eigenvalue weighted by Gasteiger charge is 2.63. The molecule has 1 fully saturated rings. The van der Waals surface area contributed by atoms with Gasteiger partial charge in [-0.3, -0.25) is 4.99 Å². The van der Waals surface area contributed by atoms with Gasteiger partial charge >= 0.3 is 0 Å². The van der Waals surface area contributed by atoms with E-state index in [0.29, 0.717) is 28.9 Å². The number of rotatable bonds is 3. The van der Waals surface area contributed by atoms with E-state index in [4.69, 9.17) is 20.5 Å². The van der Waals surface area contributed by atoms with Crippen molar-refractivity contribution in [2.24, 2.45) is 33.0 Å². The van der Waals surface area contributed by atoms with E-state index in [1.54, 1.807) is 7.11 Å². The van der Waals surface area contributed by atoms with Gasteiger partial charge in [0.05, 0.1) is 23.4 Å². The Morgan fingerprint density at radius 1 is 1.27 bits per heavy atom. The third-order valence-electron chi connectivity index (χ3n) is 7.16. The van der Waals surface area contributed by atoms with Crippen LogP contribution in [0.25, 0.3) is 0 Å². The van der Waals surface area contributed by atoms with Gasteiger partial charge in [0, 0.05) is 24.5 Å². The summed E-state index contributed by atoms with van der Waals surface area (Å²) in [4.78, 5) is 10.1. The summed E-state index contributed by atoms with van der Waals surface area (Å²) in [5.41, 5.74) is 6.99. The maximum atomic E-state index is 14.5. The molecule has 4 rings (SSSR count). The maximum Gasteiger partial charge on any atom is 0.184 e. The van der Waals surface area contributed by atoms with Gasteiger partial charge in [0.25, 0.3) is 0 Å². The summed E-state index contributed by atoms with van der Waals surface area (Å²) in [5.74, 6) is 0.979. The number of hydrogen-bond acceptors (Lipinski definition) is 5. The number of nitrogens with two attached hydrogens (primary N) is 1. The third kappa shape index (κ3) is 3.06. The highest BCUT2D eigenvalue weighted by atomic mass is 19.1. The molecule has 2 N–H and O–H groups in total. The molecule has 0 aromatic heterocycles. The summed E-state index contributed by atoms with van der Waals surface area (Å²) >= 11 is 0. The Kier molecular flexibility index (Phi) is 4.81. The van der Waals surface area contributed by atoms with Gasteiger partial charge in [-0.15, -0.1) is 0 Å². The van der Waals surface area contributed by atoms with Crippen molar-refractivity contribution in [3.63, 3.8) is 0 Å². The molecular formula is C24H31FN4O. The number of nitriles is 1. The molecule has 5 atom stereocenters. The van der Waals surface area contributed by atoms with Gasteiger partial charge in [0.2, 0.25) is 0 Å². The van der Waals surface area contributed by atoms with E-state index in [9.17, 15) is 9.65 Å². The molecule has 2 unspecified atom stereocenters. The standard InChI is InChI=1S/C24H31FN4O/c1-14-9-23(10-15(2)20(14)30-5)11-17-7-6-16(13-26)8-18(17)24(23)28-19(21(27)29-24)12-22(3,4)25/h6-8,14-15,20H,9-12H2,1-5H3,(H2,27,29)/t14-,15+,20?,23?,24-/m0/s1. The van der Waals surface area contributed by atoms with Gasteiger partial charge in [-0.2, -0.15) is 5.26 Å². The summed E-state index contributed by atoms with van der Waals surface area (Å²) in [5, 5.41) is 9.50. The fourth-order valence-corrected chi connectivity index (χ4v) is 6.30. The lowest BCUT2D eigenvalue weighted by Crippen LogP contribution is -2.49. The van der Waals surface area contributed by atoms with Gasteiger partial charge in [0.1, 0.15) is 11.5 Å². The smallest absolute Gasteiger partial charge is 0.184 e. The van der Waals surface area contributed by atoms with Gasteiger partial charge in [-0.05, 0) is 62.6 Å². The third-order valence-corrected chi connectivity index (χ3v) is 7.16. The van der Waals surface area contributed by atoms with Crippen molar-refractivity contribution in [3.05, 3.63) is 34.9 Å². The van der Waals surface area contributed by atoms with Crippen LogP contribution < -0.4 is 5.73 Å². The highest BCUT2D eigenvalue weighted by molar-refractivity contribution is 6.42. The lowest BCUT2D eigenvalue weighted by Gasteiger charge is -2.50. The van der Waals surface area contributed by atoms with E-state index in [2.05, 4.69) is 19.9 Å². The number of aliphatic imine (C=N–C) groups is 2. The van der Waals surface area contributed by atoms with Crippen LogP contribution in [0.5, 0.6) is 0 Å². The van der Waals surface area contributed by atoms with E-state index in [0.717, 1.165) is 30.4 Å². The highest BCUT2D eigenvalue weighted by Crippen LogP contribution is 2.63. The molecule has 2 aliphatic carbocycles. The van der Waals surface area contributed by atoms with Crippen molar-refractivity contribution in [3.8, 4) is 6.07 Å². The SMILES string of the molecule is COC1[C@H](C)CC2(Cc3ccc(C#N)cc3[C@]23N=C(N)C(CC(C)(C)F)=N3)C[C@@H]1C. The summed E-state index contributed by atoms with van der Waals surface area (Å²) in [6, 6.07) is 8.03. The molecule has 3 aliphatic rings. The second-order valence-electron chi connectivity index (χ2n) is 10.1. The summed E-state index contributed by atoms with van der Waals surface area (Å²) in [7, 11) is 1.78. The largest absolute Gasteiger partial charge is 0.382 e. The summed E-state index contributed by atoms with van der Waals surface area (Å²) in [6.45, 7) is 7.52. The Labute approximate surface area is 178 Å². The number of amidine groups is 1. The fraction of sp³-hybridized carbons (Fsp3) is 0.625. The normalized spacial score (nSPS) is 35.3. The monoisotopic (exact) mass is 410 g/mol. The Morgan fingerprint density at radius 3 is 2.50 bits per heavy atom. The second-order valence-corrected chi connectivity index (χ2v) is 10.1. The molecule has 0 radical (unpaired) electrons. The number of hydrogen-bond donors (Lipinski definition) is 1. The molecule has 2 spiro atoms. The van der Waals surface area contributed by atoms with E-state index >= 15 is 0 Å². The number of methoxy groups -OCH3 is 1. The Bertz CT molecular complexity index is 958. The average Bonchev–Trinajstić information content (AvgIpc) is 3.09. The zero-order valence-corrected chi connectivity index (χ0v) is 18.5. The Morgan fingerprint density at radius 2 is 1.93 bits per heavy atom. The van der Waals surface area contributed by atoms with Crippen LogP contribution in [-0.4, -0.2) is 30.4 Å². The van der Waals surface area contributed by atoms with Crippen LogP contribution in [0.1, 0.15) is 63.6 Å². The fourth-order valence-electron chi connectivity index (χ4n) is 6.30. The number of ether oxygens (including phenoxy) is 1. The molecule has 0 saturated heterocycles. The van der Waals surface area contributed by atoms with Crippen molar-refractivity contribution in [1.29, 1.82) is 5.26 Å². The van der Waals surface area contributed by atoms with Gasteiger partial charge in [-0.25, -0.2) is 9.38 Å². The molecule has 5 nitrogen and oxygen atoms in total. The van der Waals surface area contributed by atoms with Crippen LogP contribution in [-0.2, 0) is 16.8 Å². The lowest BCUT2D eigenvalue weighted by atomic mass is 9.59. The van der Waals surface area contributed by atoms with Crippen LogP contribution in [0.15, 0.2) is 28.2 Å². The van der Waals surface area contributed by atoms with Crippen molar-refractivity contribution >= 4 is 11.5 Å². The molecule has 1 heterocycles. The first-order valence-corrected chi connectivity index (χ1v) is 10.7. The van der Waals surface area contributed by atoms with Gasteiger partial charge in [-0.1, -0.05) is 19.9 Å². The number of nitrogens with zero attached hydrogens (tertiary/aromatic N) is 3. The van der Waals surface area contributed by atoms with Crippen LogP contribution in [0.2, 0.25) is 0 Å². The van der Waals surface area contributed by atoms with E-state index in [1.807, 2.05) is 18.2 Å². The lowest BCUT2D eigenvalue weighted by molar-refractivity contribution is -0.0730. The molecule has 0 bridgehead atoms. The van der Waals surface area contributed by atoms with Crippen molar-refractivity contribution in [2.45, 2.75) is 70.8 Å². The molecule has 1 aromatic carbocycles. The van der Waals surface area contributed by atoms with Crippen molar-refractivity contribution in [1.82, 2.24) is 0 Å². The Hall–Kier alpha value is -2.26. The first-order chi connectivity index (χ1) is 14.0.